The Balaban J connectivity index is 1.81. The van der Waals surface area contributed by atoms with Crippen molar-refractivity contribution in [2.24, 2.45) is 11.3 Å². The van der Waals surface area contributed by atoms with Gasteiger partial charge in [0.25, 0.3) is 5.91 Å². The highest BCUT2D eigenvalue weighted by molar-refractivity contribution is 6.12. The molecule has 1 aromatic heterocycles. The summed E-state index contributed by atoms with van der Waals surface area (Å²) in [6, 6.07) is 0. The normalized spacial score (nSPS) is 22.8. The van der Waals surface area contributed by atoms with Gasteiger partial charge in [-0.15, -0.1) is 0 Å². The zero-order chi connectivity index (χ0) is 24.9. The zero-order valence-corrected chi connectivity index (χ0v) is 20.8. The van der Waals surface area contributed by atoms with Crippen molar-refractivity contribution in [2.45, 2.75) is 65.9 Å². The Kier molecular flexibility index (Phi) is 8.25. The molecule has 1 saturated heterocycles. The smallest absolute Gasteiger partial charge is 0.277 e. The number of allylic oxidation sites excluding steroid dienone is 4. The van der Waals surface area contributed by atoms with E-state index in [9.17, 15) is 14.4 Å². The SMILES string of the molecule is COC(C)CCCC1(Cc2nc(/C=C3\NC(=O)CN(C(C)=O)C3=O)c[nH]2)C=C(C(C)C)C=CC1. The van der Waals surface area contributed by atoms with Crippen LogP contribution in [0.5, 0.6) is 0 Å². The highest BCUT2D eigenvalue weighted by atomic mass is 16.5. The molecule has 3 rings (SSSR count). The molecule has 0 aromatic carbocycles. The first-order valence-electron chi connectivity index (χ1n) is 11.9. The third kappa shape index (κ3) is 6.32. The van der Waals surface area contributed by atoms with Crippen molar-refractivity contribution in [1.29, 1.82) is 0 Å². The van der Waals surface area contributed by atoms with E-state index < -0.39 is 17.7 Å². The van der Waals surface area contributed by atoms with E-state index >= 15 is 0 Å². The molecule has 0 bridgehead atoms. The van der Waals surface area contributed by atoms with Gasteiger partial charge < -0.3 is 15.0 Å². The number of carbonyl (C=O) groups is 3. The second-order valence-corrected chi connectivity index (χ2v) is 9.67. The topological polar surface area (TPSA) is 104 Å². The van der Waals surface area contributed by atoms with Gasteiger partial charge in [0.05, 0.1) is 11.8 Å². The molecule has 34 heavy (non-hydrogen) atoms. The number of nitrogens with one attached hydrogen (secondary N) is 2. The van der Waals surface area contributed by atoms with E-state index in [1.165, 1.54) is 18.6 Å². The van der Waals surface area contributed by atoms with Gasteiger partial charge in [-0.2, -0.15) is 0 Å². The highest BCUT2D eigenvalue weighted by Gasteiger charge is 2.32. The van der Waals surface area contributed by atoms with Gasteiger partial charge in [0.15, 0.2) is 0 Å². The molecule has 2 atom stereocenters. The summed E-state index contributed by atoms with van der Waals surface area (Å²) in [7, 11) is 1.74. The van der Waals surface area contributed by atoms with E-state index in [1.807, 2.05) is 0 Å². The van der Waals surface area contributed by atoms with E-state index in [0.29, 0.717) is 11.6 Å². The summed E-state index contributed by atoms with van der Waals surface area (Å²) in [5.41, 5.74) is 1.87. The first kappa shape index (κ1) is 25.6. The van der Waals surface area contributed by atoms with E-state index in [1.54, 1.807) is 13.3 Å². The molecular formula is C26H36N4O4. The number of methoxy groups -OCH3 is 1. The van der Waals surface area contributed by atoms with E-state index in [-0.39, 0.29) is 23.8 Å². The standard InChI is InChI=1S/C26H36N4O4/c1-17(2)20-9-7-11-26(13-20,10-6-8-18(3)34-5)14-23-27-15-21(28-23)12-22-25(33)30(19(4)31)16-24(32)29-22/h7,9,12-13,15,17-18H,6,8,10-11,14,16H2,1-5H3,(H,27,28)(H,29,32)/b22-12-. The Morgan fingerprint density at radius 3 is 2.76 bits per heavy atom. The molecule has 184 valence electrons. The molecule has 2 N–H and O–H groups in total. The Morgan fingerprint density at radius 1 is 1.32 bits per heavy atom. The van der Waals surface area contributed by atoms with Gasteiger partial charge in [-0.05, 0) is 55.6 Å². The molecule has 8 nitrogen and oxygen atoms in total. The predicted octanol–water partition coefficient (Wildman–Crippen LogP) is 3.53. The van der Waals surface area contributed by atoms with Crippen LogP contribution in [-0.4, -0.2) is 52.3 Å². The van der Waals surface area contributed by atoms with Crippen molar-refractivity contribution < 1.29 is 19.1 Å². The molecule has 1 aromatic rings. The van der Waals surface area contributed by atoms with Crippen molar-refractivity contribution in [3.05, 3.63) is 47.2 Å². The molecule has 2 aliphatic rings. The fourth-order valence-corrected chi connectivity index (χ4v) is 4.47. The fourth-order valence-electron chi connectivity index (χ4n) is 4.47. The van der Waals surface area contributed by atoms with E-state index in [0.717, 1.165) is 42.8 Å². The van der Waals surface area contributed by atoms with Crippen molar-refractivity contribution >= 4 is 23.8 Å². The van der Waals surface area contributed by atoms with Crippen LogP contribution in [0.4, 0.5) is 0 Å². The van der Waals surface area contributed by atoms with Crippen molar-refractivity contribution in [2.75, 3.05) is 13.7 Å². The second kappa shape index (κ2) is 11.0. The average molecular weight is 469 g/mol. The molecule has 2 unspecified atom stereocenters. The summed E-state index contributed by atoms with van der Waals surface area (Å²) in [5.74, 6) is -0.129. The fraction of sp³-hybridized carbons (Fsp3) is 0.538. The summed E-state index contributed by atoms with van der Waals surface area (Å²) in [6.45, 7) is 7.50. The maximum Gasteiger partial charge on any atom is 0.277 e. The van der Waals surface area contributed by atoms with Gasteiger partial charge in [0.1, 0.15) is 18.1 Å². The van der Waals surface area contributed by atoms with Crippen LogP contribution in [0.25, 0.3) is 6.08 Å². The Bertz CT molecular complexity index is 1020. The zero-order valence-electron chi connectivity index (χ0n) is 20.8. The number of rotatable bonds is 9. The second-order valence-electron chi connectivity index (χ2n) is 9.67. The van der Waals surface area contributed by atoms with Crippen LogP contribution in [0.3, 0.4) is 0 Å². The molecule has 0 radical (unpaired) electrons. The van der Waals surface area contributed by atoms with Gasteiger partial charge in [0, 0.05) is 26.7 Å². The molecule has 1 fully saturated rings. The lowest BCUT2D eigenvalue weighted by molar-refractivity contribution is -0.147. The number of nitrogens with zero attached hydrogens (tertiary/aromatic N) is 2. The molecule has 0 saturated carbocycles. The van der Waals surface area contributed by atoms with Gasteiger partial charge >= 0.3 is 0 Å². The number of aromatic nitrogens is 2. The quantitative estimate of drug-likeness (QED) is 0.540. The maximum atomic E-state index is 12.5. The van der Waals surface area contributed by atoms with Crippen LogP contribution in [0.1, 0.15) is 64.9 Å². The lowest BCUT2D eigenvalue weighted by Gasteiger charge is -2.33. The molecule has 2 heterocycles. The van der Waals surface area contributed by atoms with Crippen LogP contribution >= 0.6 is 0 Å². The molecule has 0 spiro atoms. The number of piperazine rings is 1. The number of ether oxygens (including phenoxy) is 1. The lowest BCUT2D eigenvalue weighted by atomic mass is 9.71. The van der Waals surface area contributed by atoms with Gasteiger partial charge in [0.2, 0.25) is 11.8 Å². The summed E-state index contributed by atoms with van der Waals surface area (Å²) in [5, 5.41) is 2.55. The minimum absolute atomic E-state index is 0.0512. The number of hydrogen-bond acceptors (Lipinski definition) is 5. The van der Waals surface area contributed by atoms with Crippen molar-refractivity contribution in [3.8, 4) is 0 Å². The van der Waals surface area contributed by atoms with Crippen LogP contribution in [-0.2, 0) is 25.5 Å². The summed E-state index contributed by atoms with van der Waals surface area (Å²) in [6.07, 6.45) is 15.1. The summed E-state index contributed by atoms with van der Waals surface area (Å²) >= 11 is 0. The highest BCUT2D eigenvalue weighted by Crippen LogP contribution is 2.40. The monoisotopic (exact) mass is 468 g/mol. The number of imidazole rings is 1. The van der Waals surface area contributed by atoms with Crippen molar-refractivity contribution in [1.82, 2.24) is 20.2 Å². The van der Waals surface area contributed by atoms with Crippen LogP contribution in [0.15, 0.2) is 35.7 Å². The molecule has 1 aliphatic heterocycles. The molecule has 8 heteroatoms. The molecule has 1 aliphatic carbocycles. The molecule has 3 amide bonds. The minimum Gasteiger partial charge on any atom is -0.382 e. The van der Waals surface area contributed by atoms with Crippen molar-refractivity contribution in [3.63, 3.8) is 0 Å². The van der Waals surface area contributed by atoms with E-state index in [4.69, 9.17) is 4.74 Å². The van der Waals surface area contributed by atoms with Crippen LogP contribution in [0, 0.1) is 11.3 Å². The maximum absolute atomic E-state index is 12.5. The third-order valence-electron chi connectivity index (χ3n) is 6.56. The summed E-state index contributed by atoms with van der Waals surface area (Å²) in [4.78, 5) is 45.0. The first-order chi connectivity index (χ1) is 16.1. The average Bonchev–Trinajstić information content (AvgIpc) is 3.22. The lowest BCUT2D eigenvalue weighted by Crippen LogP contribution is -2.51. The first-order valence-corrected chi connectivity index (χ1v) is 11.9. The van der Waals surface area contributed by atoms with Crippen LogP contribution in [0.2, 0.25) is 0 Å². The number of aromatic amines is 1. The Hall–Kier alpha value is -3.00. The minimum atomic E-state index is -0.526. The number of hydrogen-bond donors (Lipinski definition) is 2. The third-order valence-corrected chi connectivity index (χ3v) is 6.56. The number of amides is 3. The number of carbonyl (C=O) groups excluding carboxylic acids is 3. The van der Waals surface area contributed by atoms with Gasteiger partial charge in [-0.3, -0.25) is 19.3 Å². The van der Waals surface area contributed by atoms with E-state index in [2.05, 4.69) is 54.3 Å². The predicted molar refractivity (Wildman–Crippen MR) is 130 cm³/mol. The molecular weight excluding hydrogens is 432 g/mol. The summed E-state index contributed by atoms with van der Waals surface area (Å²) < 4.78 is 5.43. The Morgan fingerprint density at radius 2 is 2.09 bits per heavy atom. The van der Waals surface area contributed by atoms with Gasteiger partial charge in [-0.1, -0.05) is 32.1 Å². The number of H-pyrrole nitrogens is 1. The largest absolute Gasteiger partial charge is 0.382 e. The number of imide groups is 1. The Labute approximate surface area is 201 Å². The van der Waals surface area contributed by atoms with Crippen LogP contribution < -0.4 is 5.32 Å². The van der Waals surface area contributed by atoms with Gasteiger partial charge in [-0.25, -0.2) is 4.98 Å².